The molecule has 4 aliphatic carbocycles. The predicted octanol–water partition coefficient (Wildman–Crippen LogP) is 7.54. The molecule has 1 amide bonds. The maximum Gasteiger partial charge on any atom is 0.573 e. The molecule has 46 heavy (non-hydrogen) atoms. The normalized spacial score (nSPS) is 25.2. The molecule has 246 valence electrons. The molecule has 0 spiro atoms. The number of aromatic nitrogens is 2. The highest BCUT2D eigenvalue weighted by Crippen LogP contribution is 2.58. The quantitative estimate of drug-likeness (QED) is 0.195. The van der Waals surface area contributed by atoms with E-state index in [-0.39, 0.29) is 36.5 Å². The van der Waals surface area contributed by atoms with Crippen molar-refractivity contribution in [1.29, 1.82) is 0 Å². The van der Waals surface area contributed by atoms with Crippen LogP contribution in [0.2, 0.25) is 0 Å². The summed E-state index contributed by atoms with van der Waals surface area (Å²) in [6.07, 6.45) is -4.90. The average Bonchev–Trinajstić information content (AvgIpc) is 3.00. The van der Waals surface area contributed by atoms with E-state index in [1.165, 1.54) is 24.6 Å². The van der Waals surface area contributed by atoms with E-state index in [2.05, 4.69) is 30.7 Å². The minimum Gasteiger partial charge on any atom is -0.445 e. The molecule has 2 aromatic carbocycles. The molecule has 0 unspecified atom stereocenters. The average molecular weight is 650 g/mol. The first kappa shape index (κ1) is 31.7. The van der Waals surface area contributed by atoms with Crippen LogP contribution in [0.15, 0.2) is 60.8 Å². The van der Waals surface area contributed by atoms with Gasteiger partial charge in [0.05, 0.1) is 5.54 Å². The van der Waals surface area contributed by atoms with Crippen molar-refractivity contribution in [3.05, 3.63) is 77.5 Å². The Morgan fingerprint density at radius 1 is 0.870 bits per heavy atom. The molecule has 0 saturated heterocycles. The van der Waals surface area contributed by atoms with E-state index >= 15 is 0 Å². The number of halogens is 6. The first-order chi connectivity index (χ1) is 21.9. The van der Waals surface area contributed by atoms with Gasteiger partial charge >= 0.3 is 18.6 Å². The van der Waals surface area contributed by atoms with Gasteiger partial charge in [-0.25, -0.2) is 9.78 Å². The molecule has 3 aromatic rings. The molecule has 4 fully saturated rings. The summed E-state index contributed by atoms with van der Waals surface area (Å²) < 4.78 is 90.0. The first-order valence-corrected chi connectivity index (χ1v) is 15.1. The molecule has 14 heteroatoms. The molecular formula is C32H33F6N5O3. The monoisotopic (exact) mass is 649 g/mol. The molecule has 0 radical (unpaired) electrons. The van der Waals surface area contributed by atoms with Crippen LogP contribution in [0.1, 0.15) is 48.8 Å². The number of alkyl carbamates (subject to hydrolysis) is 1. The van der Waals surface area contributed by atoms with Gasteiger partial charge in [-0.1, -0.05) is 48.5 Å². The van der Waals surface area contributed by atoms with Crippen molar-refractivity contribution < 1.29 is 40.6 Å². The molecule has 3 N–H and O–H groups in total. The summed E-state index contributed by atoms with van der Waals surface area (Å²) in [4.78, 5) is 21.2. The van der Waals surface area contributed by atoms with Gasteiger partial charge < -0.3 is 25.4 Å². The number of amides is 1. The van der Waals surface area contributed by atoms with Gasteiger partial charge in [0.25, 0.3) is 0 Å². The van der Waals surface area contributed by atoms with E-state index in [0.717, 1.165) is 37.3 Å². The van der Waals surface area contributed by atoms with Gasteiger partial charge in [0.2, 0.25) is 5.95 Å². The second-order valence-corrected chi connectivity index (χ2v) is 12.3. The highest BCUT2D eigenvalue weighted by Gasteiger charge is 2.58. The Hall–Kier alpha value is -4.23. The Balaban J connectivity index is 1.21. The number of nitrogens with one attached hydrogen (secondary N) is 3. The Morgan fingerprint density at radius 2 is 1.52 bits per heavy atom. The molecule has 8 nitrogen and oxygen atoms in total. The van der Waals surface area contributed by atoms with Gasteiger partial charge in [0.15, 0.2) is 0 Å². The zero-order valence-corrected chi connectivity index (χ0v) is 24.6. The highest BCUT2D eigenvalue weighted by atomic mass is 19.4. The Morgan fingerprint density at radius 3 is 2.17 bits per heavy atom. The predicted molar refractivity (Wildman–Crippen MR) is 156 cm³/mol. The van der Waals surface area contributed by atoms with Gasteiger partial charge in [-0.2, -0.15) is 18.2 Å². The number of nitrogens with zero attached hydrogens (tertiary/aromatic N) is 2. The van der Waals surface area contributed by atoms with E-state index in [4.69, 9.17) is 4.74 Å². The number of hydrogen-bond acceptors (Lipinski definition) is 7. The minimum atomic E-state index is -4.98. The van der Waals surface area contributed by atoms with E-state index < -0.39 is 47.8 Å². The summed E-state index contributed by atoms with van der Waals surface area (Å²) >= 11 is 0. The third kappa shape index (κ3) is 7.10. The number of hydrogen-bond donors (Lipinski definition) is 3. The molecule has 4 bridgehead atoms. The van der Waals surface area contributed by atoms with E-state index in [9.17, 15) is 31.1 Å². The fraction of sp³-hybridized carbons (Fsp3) is 0.469. The van der Waals surface area contributed by atoms with Gasteiger partial charge in [0, 0.05) is 24.8 Å². The Labute approximate surface area is 261 Å². The number of benzene rings is 2. The summed E-state index contributed by atoms with van der Waals surface area (Å²) in [6.45, 7) is -0.183. The molecule has 4 saturated carbocycles. The van der Waals surface area contributed by atoms with Crippen LogP contribution in [-0.2, 0) is 24.1 Å². The zero-order valence-electron chi connectivity index (χ0n) is 24.6. The molecule has 0 atom stereocenters. The largest absolute Gasteiger partial charge is 0.573 e. The summed E-state index contributed by atoms with van der Waals surface area (Å²) in [5, 5.41) is 8.75. The van der Waals surface area contributed by atoms with Gasteiger partial charge in [-0.3, -0.25) is 0 Å². The fourth-order valence-electron chi connectivity index (χ4n) is 7.60. The van der Waals surface area contributed by atoms with Crippen molar-refractivity contribution in [2.24, 2.45) is 23.7 Å². The highest BCUT2D eigenvalue weighted by molar-refractivity contribution is 5.69. The third-order valence-corrected chi connectivity index (χ3v) is 9.42. The first-order valence-electron chi connectivity index (χ1n) is 15.1. The Kier molecular flexibility index (Phi) is 8.64. The van der Waals surface area contributed by atoms with Gasteiger partial charge in [-0.15, -0.1) is 13.2 Å². The lowest BCUT2D eigenvalue weighted by atomic mass is 9.48. The second kappa shape index (κ2) is 12.5. The van der Waals surface area contributed by atoms with E-state index in [0.29, 0.717) is 18.0 Å². The van der Waals surface area contributed by atoms with E-state index in [1.807, 2.05) is 30.3 Å². The van der Waals surface area contributed by atoms with Gasteiger partial charge in [0.1, 0.15) is 23.7 Å². The summed E-state index contributed by atoms with van der Waals surface area (Å²) in [6, 6.07) is 14.4. The summed E-state index contributed by atoms with van der Waals surface area (Å²) in [5.74, 6) is 0.136. The topological polar surface area (TPSA) is 97.4 Å². The molecule has 4 aliphatic rings. The lowest BCUT2D eigenvalue weighted by Crippen LogP contribution is -2.69. The van der Waals surface area contributed by atoms with Crippen LogP contribution in [0.3, 0.4) is 0 Å². The number of carbonyl (C=O) groups excluding carboxylic acids is 1. The molecule has 1 aromatic heterocycles. The lowest BCUT2D eigenvalue weighted by molar-refractivity contribution is -0.274. The maximum absolute atomic E-state index is 13.9. The number of rotatable bonds is 10. The standard InChI is InChI=1S/C32H33F6N5O3/c33-31(34,35)25-16-40-28(42-27(25)39-15-22-8-4-5-9-26(22)46-32(36,37)38)41-18-30(23-11-20-10-21(13-23)14-24(30)12-20)43-29(44)45-17-19-6-2-1-3-7-19/h1-9,16,20-21,23-24H,10-15,17-18H2,(H,43,44)(H2,39,40,41,42)/t20-,21?,23+,24-,30-. The smallest absolute Gasteiger partial charge is 0.445 e. The second-order valence-electron chi connectivity index (χ2n) is 12.3. The van der Waals surface area contributed by atoms with Crippen molar-refractivity contribution in [1.82, 2.24) is 15.3 Å². The number of para-hydroxylation sites is 1. The molecular weight excluding hydrogens is 616 g/mol. The van der Waals surface area contributed by atoms with E-state index in [1.54, 1.807) is 0 Å². The van der Waals surface area contributed by atoms with Crippen molar-refractivity contribution in [2.75, 3.05) is 17.2 Å². The third-order valence-electron chi connectivity index (χ3n) is 9.42. The Bertz CT molecular complexity index is 1510. The van der Waals surface area contributed by atoms with Crippen molar-refractivity contribution in [3.63, 3.8) is 0 Å². The number of carbonyl (C=O) groups is 1. The molecule has 0 aliphatic heterocycles. The van der Waals surface area contributed by atoms with Crippen molar-refractivity contribution in [2.45, 2.75) is 63.3 Å². The van der Waals surface area contributed by atoms with Crippen LogP contribution in [0.5, 0.6) is 5.75 Å². The maximum atomic E-state index is 13.9. The van der Waals surface area contributed by atoms with Crippen LogP contribution in [-0.4, -0.2) is 34.5 Å². The minimum absolute atomic E-state index is 0.0214. The molecule has 1 heterocycles. The molecule has 7 rings (SSSR count). The summed E-state index contributed by atoms with van der Waals surface area (Å²) in [5.41, 5.74) is -1.10. The lowest BCUT2D eigenvalue weighted by Gasteiger charge is -2.61. The zero-order chi connectivity index (χ0) is 32.5. The summed E-state index contributed by atoms with van der Waals surface area (Å²) in [7, 11) is 0. The fourth-order valence-corrected chi connectivity index (χ4v) is 7.60. The number of anilines is 2. The van der Waals surface area contributed by atoms with Crippen molar-refractivity contribution >= 4 is 17.9 Å². The van der Waals surface area contributed by atoms with Crippen molar-refractivity contribution in [3.8, 4) is 5.75 Å². The van der Waals surface area contributed by atoms with Crippen LogP contribution < -0.4 is 20.7 Å². The van der Waals surface area contributed by atoms with Crippen LogP contribution >= 0.6 is 0 Å². The van der Waals surface area contributed by atoms with Crippen LogP contribution in [0.25, 0.3) is 0 Å². The SMILES string of the molecule is O=C(N[C@]1(CNc2ncc(C(F)(F)F)c(NCc3ccccc3OC(F)(F)F)n2)[C@@H]2CC3C[C@H](C2)C[C@@H]1C3)OCc1ccccc1. The number of alkyl halides is 6. The van der Waals surface area contributed by atoms with Crippen LogP contribution in [0, 0.1) is 23.7 Å². The number of ether oxygens (including phenoxy) is 2. The van der Waals surface area contributed by atoms with Crippen LogP contribution in [0.4, 0.5) is 42.9 Å². The van der Waals surface area contributed by atoms with Gasteiger partial charge in [-0.05, 0) is 67.4 Å².